The van der Waals surface area contributed by atoms with Crippen LogP contribution in [0.2, 0.25) is 0 Å². The van der Waals surface area contributed by atoms with Gasteiger partial charge in [-0.3, -0.25) is 0 Å². The van der Waals surface area contributed by atoms with Crippen LogP contribution in [0.3, 0.4) is 0 Å². The maximum atomic E-state index is 10.9. The van der Waals surface area contributed by atoms with Gasteiger partial charge in [0.1, 0.15) is 12.0 Å². The zero-order valence-electron chi connectivity index (χ0n) is 16.7. The van der Waals surface area contributed by atoms with Crippen molar-refractivity contribution in [2.45, 2.75) is 13.2 Å². The van der Waals surface area contributed by atoms with Crippen molar-refractivity contribution in [1.29, 1.82) is 0 Å². The van der Waals surface area contributed by atoms with Crippen LogP contribution in [0.15, 0.2) is 53.1 Å². The van der Waals surface area contributed by atoms with E-state index in [-0.39, 0.29) is 5.75 Å². The molecule has 29 heavy (non-hydrogen) atoms. The Hall–Kier alpha value is -3.03. The van der Waals surface area contributed by atoms with Gasteiger partial charge in [0.25, 0.3) is 0 Å². The van der Waals surface area contributed by atoms with E-state index in [2.05, 4.69) is 27.3 Å². The van der Waals surface area contributed by atoms with Crippen LogP contribution < -0.4 is 10.2 Å². The van der Waals surface area contributed by atoms with Crippen LogP contribution in [0, 0.1) is 0 Å². The number of para-hydroxylation sites is 1. The van der Waals surface area contributed by atoms with Crippen LogP contribution in [0.5, 0.6) is 5.75 Å². The second-order valence-corrected chi connectivity index (χ2v) is 7.44. The maximum absolute atomic E-state index is 10.9. The Morgan fingerprint density at radius 3 is 2.41 bits per heavy atom. The topological polar surface area (TPSA) is 85.0 Å². The summed E-state index contributed by atoms with van der Waals surface area (Å²) >= 11 is 0. The molecule has 1 fully saturated rings. The number of anilines is 2. The van der Waals surface area contributed by atoms with Gasteiger partial charge >= 0.3 is 0 Å². The summed E-state index contributed by atoms with van der Waals surface area (Å²) in [4.78, 5) is 4.48. The number of aliphatic hydroxyl groups excluding tert-OH is 1. The van der Waals surface area contributed by atoms with E-state index in [9.17, 15) is 10.2 Å². The number of aromatic nitrogens is 1. The molecule has 3 N–H and O–H groups in total. The largest absolute Gasteiger partial charge is 0.507 e. The lowest BCUT2D eigenvalue weighted by molar-refractivity contribution is 0.224. The van der Waals surface area contributed by atoms with Crippen LogP contribution in [0.25, 0.3) is 22.5 Å². The second-order valence-electron chi connectivity index (χ2n) is 7.44. The molecule has 1 aromatic heterocycles. The van der Waals surface area contributed by atoms with Gasteiger partial charge in [0.05, 0.1) is 5.56 Å². The van der Waals surface area contributed by atoms with Gasteiger partial charge in [0.2, 0.25) is 0 Å². The van der Waals surface area contributed by atoms with Gasteiger partial charge in [-0.05, 0) is 37.7 Å². The lowest BCUT2D eigenvalue weighted by atomic mass is 10.00. The van der Waals surface area contributed by atoms with Gasteiger partial charge in [-0.15, -0.1) is 0 Å². The van der Waals surface area contributed by atoms with Crippen LogP contribution in [0.1, 0.15) is 6.92 Å². The summed E-state index contributed by atoms with van der Waals surface area (Å²) in [5.74, 6) is 1.50. The van der Waals surface area contributed by atoms with Crippen LogP contribution in [0.4, 0.5) is 11.5 Å². The number of hydrogen-bond donors (Lipinski definition) is 3. The summed E-state index contributed by atoms with van der Waals surface area (Å²) in [5, 5.41) is 27.5. The van der Waals surface area contributed by atoms with E-state index < -0.39 is 6.23 Å². The Bertz CT molecular complexity index is 960. The standard InChI is InChI=1S/C22H26N4O3/c1-15(27)23-17-8-6-16(7-9-17)18-4-3-5-19(22(18)28)20-14-21(24-29-20)26-12-10-25(2)11-13-26/h3-9,14-15,23,27-28H,10-13H2,1-2H3. The number of phenolic OH excluding ortho intramolecular Hbond substituents is 1. The molecule has 7 heteroatoms. The van der Waals surface area contributed by atoms with Crippen molar-refractivity contribution < 1.29 is 14.7 Å². The minimum Gasteiger partial charge on any atom is -0.507 e. The third kappa shape index (κ3) is 4.21. The highest BCUT2D eigenvalue weighted by atomic mass is 16.5. The third-order valence-electron chi connectivity index (χ3n) is 5.20. The number of phenols is 1. The van der Waals surface area contributed by atoms with Gasteiger partial charge in [0.15, 0.2) is 11.6 Å². The van der Waals surface area contributed by atoms with Crippen LogP contribution in [-0.4, -0.2) is 59.7 Å². The summed E-state index contributed by atoms with van der Waals surface area (Å²) < 4.78 is 5.56. The fourth-order valence-corrected chi connectivity index (χ4v) is 3.54. The first-order chi connectivity index (χ1) is 14.0. The molecule has 0 bridgehead atoms. The zero-order chi connectivity index (χ0) is 20.4. The summed E-state index contributed by atoms with van der Waals surface area (Å²) in [6, 6.07) is 15.0. The highest BCUT2D eigenvalue weighted by Gasteiger charge is 2.20. The fourth-order valence-electron chi connectivity index (χ4n) is 3.54. The monoisotopic (exact) mass is 394 g/mol. The molecule has 2 heterocycles. The Labute approximate surface area is 170 Å². The number of nitrogens with zero attached hydrogens (tertiary/aromatic N) is 3. The Kier molecular flexibility index (Phi) is 5.42. The first-order valence-electron chi connectivity index (χ1n) is 9.79. The molecule has 4 rings (SSSR count). The number of benzene rings is 2. The van der Waals surface area contributed by atoms with E-state index in [0.717, 1.165) is 43.2 Å². The van der Waals surface area contributed by atoms with Gasteiger partial charge in [0, 0.05) is 43.5 Å². The van der Waals surface area contributed by atoms with Crippen molar-refractivity contribution in [2.24, 2.45) is 0 Å². The molecule has 3 aromatic rings. The van der Waals surface area contributed by atoms with Crippen molar-refractivity contribution in [3.8, 4) is 28.2 Å². The smallest absolute Gasteiger partial charge is 0.172 e. The predicted octanol–water partition coefficient (Wildman–Crippen LogP) is 3.22. The first kappa shape index (κ1) is 19.3. The van der Waals surface area contributed by atoms with Gasteiger partial charge in [-0.2, -0.15) is 0 Å². The maximum Gasteiger partial charge on any atom is 0.172 e. The number of likely N-dealkylation sites (N-methyl/N-ethyl adjacent to an activating group) is 1. The van der Waals surface area contributed by atoms with Gasteiger partial charge < -0.3 is 29.9 Å². The quantitative estimate of drug-likeness (QED) is 0.573. The molecule has 0 aliphatic carbocycles. The average Bonchev–Trinajstić information content (AvgIpc) is 3.19. The van der Waals surface area contributed by atoms with Crippen molar-refractivity contribution in [3.05, 3.63) is 48.5 Å². The lowest BCUT2D eigenvalue weighted by Crippen LogP contribution is -2.44. The summed E-state index contributed by atoms with van der Waals surface area (Å²) in [7, 11) is 2.11. The van der Waals surface area contributed by atoms with E-state index >= 15 is 0 Å². The van der Waals surface area contributed by atoms with Crippen molar-refractivity contribution in [2.75, 3.05) is 43.4 Å². The number of aliphatic hydroxyl groups is 1. The summed E-state index contributed by atoms with van der Waals surface area (Å²) in [6.45, 7) is 5.45. The Morgan fingerprint density at radius 2 is 1.72 bits per heavy atom. The minimum atomic E-state index is -0.626. The van der Waals surface area contributed by atoms with Gasteiger partial charge in [-0.1, -0.05) is 29.4 Å². The van der Waals surface area contributed by atoms with E-state index in [0.29, 0.717) is 16.9 Å². The van der Waals surface area contributed by atoms with Crippen LogP contribution in [-0.2, 0) is 0 Å². The molecule has 0 radical (unpaired) electrons. The highest BCUT2D eigenvalue weighted by Crippen LogP contribution is 2.39. The van der Waals surface area contributed by atoms with Crippen LogP contribution >= 0.6 is 0 Å². The molecule has 1 atom stereocenters. The third-order valence-corrected chi connectivity index (χ3v) is 5.20. The fraction of sp³-hybridized carbons (Fsp3) is 0.318. The molecular weight excluding hydrogens is 368 g/mol. The van der Waals surface area contributed by atoms with Crippen molar-refractivity contribution in [3.63, 3.8) is 0 Å². The SMILES string of the molecule is CC(O)Nc1ccc(-c2cccc(-c3cc(N4CCN(C)CC4)no3)c2O)cc1. The Morgan fingerprint density at radius 1 is 1.03 bits per heavy atom. The molecule has 0 spiro atoms. The lowest BCUT2D eigenvalue weighted by Gasteiger charge is -2.31. The van der Waals surface area contributed by atoms with E-state index in [1.54, 1.807) is 6.92 Å². The molecule has 7 nitrogen and oxygen atoms in total. The molecule has 0 amide bonds. The van der Waals surface area contributed by atoms with E-state index in [4.69, 9.17) is 4.52 Å². The number of rotatable bonds is 5. The molecule has 0 saturated carbocycles. The molecular formula is C22H26N4O3. The van der Waals surface area contributed by atoms with Gasteiger partial charge in [-0.25, -0.2) is 0 Å². The number of piperazine rings is 1. The highest BCUT2D eigenvalue weighted by molar-refractivity contribution is 5.81. The zero-order valence-corrected chi connectivity index (χ0v) is 16.7. The normalized spacial score (nSPS) is 16.0. The minimum absolute atomic E-state index is 0.157. The molecule has 2 aromatic carbocycles. The van der Waals surface area contributed by atoms with E-state index in [1.807, 2.05) is 48.5 Å². The molecule has 152 valence electrons. The molecule has 1 aliphatic rings. The number of hydrogen-bond acceptors (Lipinski definition) is 7. The molecule has 1 saturated heterocycles. The molecule has 1 unspecified atom stereocenters. The average molecular weight is 394 g/mol. The number of nitrogens with one attached hydrogen (secondary N) is 1. The summed E-state index contributed by atoms with van der Waals surface area (Å²) in [5.41, 5.74) is 3.01. The van der Waals surface area contributed by atoms with Crippen molar-refractivity contribution >= 4 is 11.5 Å². The first-order valence-corrected chi connectivity index (χ1v) is 9.79. The summed E-state index contributed by atoms with van der Waals surface area (Å²) in [6.07, 6.45) is -0.626. The van der Waals surface area contributed by atoms with Crippen molar-refractivity contribution in [1.82, 2.24) is 10.1 Å². The molecule has 1 aliphatic heterocycles. The predicted molar refractivity (Wildman–Crippen MR) is 114 cm³/mol. The Balaban J connectivity index is 1.59. The second kappa shape index (κ2) is 8.14. The number of aromatic hydroxyl groups is 1. The van der Waals surface area contributed by atoms with E-state index in [1.165, 1.54) is 0 Å².